The summed E-state index contributed by atoms with van der Waals surface area (Å²) in [5.41, 5.74) is 2.12. The maximum absolute atomic E-state index is 12.6. The fourth-order valence-electron chi connectivity index (χ4n) is 2.82. The molecule has 0 atom stereocenters. The Balaban J connectivity index is 1.70. The van der Waals surface area contributed by atoms with Crippen molar-refractivity contribution in [1.29, 1.82) is 0 Å². The van der Waals surface area contributed by atoms with Crippen molar-refractivity contribution >= 4 is 15.9 Å². The highest BCUT2D eigenvalue weighted by molar-refractivity contribution is 7.89. The van der Waals surface area contributed by atoms with Crippen molar-refractivity contribution in [1.82, 2.24) is 9.62 Å². The summed E-state index contributed by atoms with van der Waals surface area (Å²) in [5, 5.41) is 2.89. The van der Waals surface area contributed by atoms with E-state index in [-0.39, 0.29) is 17.4 Å². The molecule has 0 fully saturated rings. The van der Waals surface area contributed by atoms with Crippen LogP contribution < -0.4 is 10.1 Å². The molecule has 156 valence electrons. The molecule has 0 saturated carbocycles. The molecule has 0 radical (unpaired) electrons. The first-order valence-electron chi connectivity index (χ1n) is 9.43. The van der Waals surface area contributed by atoms with Gasteiger partial charge in [0.25, 0.3) is 5.91 Å². The molecule has 1 amide bonds. The number of benzene rings is 3. The summed E-state index contributed by atoms with van der Waals surface area (Å²) in [6, 6.07) is 23.2. The summed E-state index contributed by atoms with van der Waals surface area (Å²) in [4.78, 5) is 12.8. The third-order valence-electron chi connectivity index (χ3n) is 4.50. The van der Waals surface area contributed by atoms with E-state index in [1.54, 1.807) is 48.5 Å². The number of hydrogen-bond donors (Lipinski definition) is 1. The van der Waals surface area contributed by atoms with Crippen molar-refractivity contribution < 1.29 is 17.9 Å². The van der Waals surface area contributed by atoms with E-state index >= 15 is 0 Å². The summed E-state index contributed by atoms with van der Waals surface area (Å²) in [7, 11) is -0.546. The number of nitrogens with one attached hydrogen (secondary N) is 1. The molecule has 0 unspecified atom stereocenters. The maximum Gasteiger partial charge on any atom is 0.255 e. The summed E-state index contributed by atoms with van der Waals surface area (Å²) in [6.45, 7) is 0.554. The van der Waals surface area contributed by atoms with Crippen molar-refractivity contribution in [2.45, 2.75) is 18.0 Å². The van der Waals surface area contributed by atoms with Crippen molar-refractivity contribution in [3.05, 3.63) is 95.6 Å². The lowest BCUT2D eigenvalue weighted by Crippen LogP contribution is -2.23. The number of sulfonamides is 1. The highest BCUT2D eigenvalue weighted by Gasteiger charge is 2.17. The van der Waals surface area contributed by atoms with E-state index in [4.69, 9.17) is 4.74 Å². The van der Waals surface area contributed by atoms with Gasteiger partial charge in [-0.15, -0.1) is 0 Å². The maximum atomic E-state index is 12.6. The van der Waals surface area contributed by atoms with Gasteiger partial charge in [0.1, 0.15) is 12.4 Å². The first-order valence-corrected chi connectivity index (χ1v) is 10.9. The van der Waals surface area contributed by atoms with Crippen LogP contribution in [-0.4, -0.2) is 32.7 Å². The first kappa shape index (κ1) is 21.5. The van der Waals surface area contributed by atoms with Crippen LogP contribution in [0.1, 0.15) is 21.5 Å². The number of hydrogen-bond acceptors (Lipinski definition) is 4. The van der Waals surface area contributed by atoms with Gasteiger partial charge in [0, 0.05) is 20.6 Å². The number of amides is 1. The van der Waals surface area contributed by atoms with E-state index in [9.17, 15) is 13.2 Å². The molecule has 0 aliphatic rings. The zero-order valence-electron chi connectivity index (χ0n) is 16.9. The fraction of sp³-hybridized carbons (Fsp3) is 0.174. The van der Waals surface area contributed by atoms with E-state index in [1.165, 1.54) is 18.4 Å². The summed E-state index contributed by atoms with van der Waals surface area (Å²) in [5.74, 6) is 0.197. The van der Waals surface area contributed by atoms with Crippen molar-refractivity contribution in [2.24, 2.45) is 0 Å². The molecule has 6 nitrogen and oxygen atoms in total. The minimum atomic E-state index is -3.52. The lowest BCUT2D eigenvalue weighted by Gasteiger charge is -2.14. The topological polar surface area (TPSA) is 75.7 Å². The summed E-state index contributed by atoms with van der Waals surface area (Å²) in [6.07, 6.45) is 0. The lowest BCUT2D eigenvalue weighted by molar-refractivity contribution is 0.0946. The van der Waals surface area contributed by atoms with Gasteiger partial charge in [0.15, 0.2) is 0 Å². The third-order valence-corrected chi connectivity index (χ3v) is 6.31. The van der Waals surface area contributed by atoms with Crippen LogP contribution in [0.2, 0.25) is 0 Å². The van der Waals surface area contributed by atoms with E-state index in [1.807, 2.05) is 30.3 Å². The van der Waals surface area contributed by atoms with Gasteiger partial charge in [0.2, 0.25) is 10.0 Å². The first-order chi connectivity index (χ1) is 14.4. The molecular formula is C23H24N2O4S. The zero-order valence-corrected chi connectivity index (χ0v) is 17.7. The van der Waals surface area contributed by atoms with Gasteiger partial charge in [-0.3, -0.25) is 4.79 Å². The van der Waals surface area contributed by atoms with Crippen LogP contribution in [0.5, 0.6) is 5.75 Å². The highest BCUT2D eigenvalue weighted by Crippen LogP contribution is 2.21. The number of para-hydroxylation sites is 1. The van der Waals surface area contributed by atoms with E-state index in [0.29, 0.717) is 23.4 Å². The molecular weight excluding hydrogens is 400 g/mol. The van der Waals surface area contributed by atoms with Gasteiger partial charge in [-0.25, -0.2) is 12.7 Å². The quantitative estimate of drug-likeness (QED) is 0.601. The van der Waals surface area contributed by atoms with Crippen LogP contribution in [0.25, 0.3) is 0 Å². The molecule has 3 rings (SSSR count). The second-order valence-corrected chi connectivity index (χ2v) is 9.04. The predicted octanol–water partition coefficient (Wildman–Crippen LogP) is 3.45. The lowest BCUT2D eigenvalue weighted by atomic mass is 10.1. The molecule has 0 aliphatic carbocycles. The number of rotatable bonds is 8. The van der Waals surface area contributed by atoms with Crippen molar-refractivity contribution in [3.8, 4) is 5.75 Å². The smallest absolute Gasteiger partial charge is 0.255 e. The molecule has 3 aromatic rings. The van der Waals surface area contributed by atoms with Gasteiger partial charge >= 0.3 is 0 Å². The van der Waals surface area contributed by atoms with Gasteiger partial charge in [-0.05, 0) is 35.4 Å². The Morgan fingerprint density at radius 3 is 2.30 bits per heavy atom. The average Bonchev–Trinajstić information content (AvgIpc) is 2.77. The predicted molar refractivity (Wildman–Crippen MR) is 116 cm³/mol. The number of carbonyl (C=O) groups excluding carboxylic acids is 1. The van der Waals surface area contributed by atoms with Crippen LogP contribution in [0.15, 0.2) is 83.8 Å². The van der Waals surface area contributed by atoms with Gasteiger partial charge in [-0.1, -0.05) is 54.6 Å². The molecule has 0 aromatic heterocycles. The van der Waals surface area contributed by atoms with Crippen LogP contribution in [0.3, 0.4) is 0 Å². The molecule has 0 heterocycles. The Labute approximate surface area is 177 Å². The molecule has 0 spiro atoms. The molecule has 7 heteroatoms. The fourth-order valence-corrected chi connectivity index (χ4v) is 3.79. The normalized spacial score (nSPS) is 11.3. The van der Waals surface area contributed by atoms with Crippen LogP contribution in [0.4, 0.5) is 0 Å². The monoisotopic (exact) mass is 424 g/mol. The molecule has 0 saturated heterocycles. The van der Waals surface area contributed by atoms with Gasteiger partial charge in [0.05, 0.1) is 10.5 Å². The summed E-state index contributed by atoms with van der Waals surface area (Å²) < 4.78 is 31.7. The van der Waals surface area contributed by atoms with Crippen LogP contribution in [-0.2, 0) is 23.2 Å². The minimum Gasteiger partial charge on any atom is -0.488 e. The minimum absolute atomic E-state index is 0.139. The second-order valence-electron chi connectivity index (χ2n) is 6.89. The molecule has 0 aliphatic heterocycles. The third kappa shape index (κ3) is 5.25. The Morgan fingerprint density at radius 2 is 1.57 bits per heavy atom. The van der Waals surface area contributed by atoms with E-state index in [2.05, 4.69) is 5.32 Å². The van der Waals surface area contributed by atoms with Crippen molar-refractivity contribution in [2.75, 3.05) is 14.1 Å². The molecule has 0 bridgehead atoms. The largest absolute Gasteiger partial charge is 0.488 e. The van der Waals surface area contributed by atoms with Crippen LogP contribution in [0, 0.1) is 0 Å². The Bertz CT molecular complexity index is 1110. The van der Waals surface area contributed by atoms with E-state index < -0.39 is 10.0 Å². The average molecular weight is 425 g/mol. The SMILES string of the molecule is CN(C)S(=O)(=O)c1cccc(COc2ccccc2C(=O)NCc2ccccc2)c1. The van der Waals surface area contributed by atoms with Gasteiger partial charge < -0.3 is 10.1 Å². The Kier molecular flexibility index (Phi) is 6.87. The number of nitrogens with zero attached hydrogens (tertiary/aromatic N) is 1. The molecule has 3 aromatic carbocycles. The number of ether oxygens (including phenoxy) is 1. The highest BCUT2D eigenvalue weighted by atomic mass is 32.2. The second kappa shape index (κ2) is 9.56. The number of carbonyl (C=O) groups is 1. The summed E-state index contributed by atoms with van der Waals surface area (Å²) >= 11 is 0. The van der Waals surface area contributed by atoms with Crippen LogP contribution >= 0.6 is 0 Å². The van der Waals surface area contributed by atoms with Gasteiger partial charge in [-0.2, -0.15) is 0 Å². The standard InChI is InChI=1S/C23H24N2O4S/c1-25(2)30(27,28)20-12-8-11-19(15-20)17-29-22-14-7-6-13-21(22)23(26)24-16-18-9-4-3-5-10-18/h3-15H,16-17H2,1-2H3,(H,24,26). The molecule has 30 heavy (non-hydrogen) atoms. The van der Waals surface area contributed by atoms with Crippen molar-refractivity contribution in [3.63, 3.8) is 0 Å². The van der Waals surface area contributed by atoms with E-state index in [0.717, 1.165) is 5.56 Å². The Hall–Kier alpha value is -3.16. The zero-order chi connectivity index (χ0) is 21.6. The molecule has 1 N–H and O–H groups in total. The Morgan fingerprint density at radius 1 is 0.900 bits per heavy atom.